The molecule has 28 heavy (non-hydrogen) atoms. The first-order valence-electron chi connectivity index (χ1n) is 9.48. The number of amides is 3. The standard InChI is InChI=1S/C23H22N2O3/c1-14-7-5-12-20(15(14)2)24-21(26)16-8-6-9-17(13-16)25-22(27)18-10-3-4-11-19(18)23(25)28/h3-9,12-13,18-19H,10-11H2,1-2H3,(H,24,26)/t18-,19+. The Hall–Kier alpha value is -3.21. The molecule has 1 fully saturated rings. The number of benzene rings is 2. The van der Waals surface area contributed by atoms with Crippen LogP contribution in [0.2, 0.25) is 0 Å². The van der Waals surface area contributed by atoms with E-state index in [2.05, 4.69) is 5.32 Å². The number of nitrogens with one attached hydrogen (secondary N) is 1. The molecule has 0 spiro atoms. The second kappa shape index (κ2) is 7.08. The Morgan fingerprint density at radius 2 is 1.61 bits per heavy atom. The van der Waals surface area contributed by atoms with Crippen LogP contribution in [0.4, 0.5) is 11.4 Å². The fourth-order valence-electron chi connectivity index (χ4n) is 3.92. The van der Waals surface area contributed by atoms with Crippen molar-refractivity contribution in [3.8, 4) is 0 Å². The maximum absolute atomic E-state index is 12.8. The molecule has 1 N–H and O–H groups in total. The number of hydrogen-bond acceptors (Lipinski definition) is 3. The summed E-state index contributed by atoms with van der Waals surface area (Å²) in [5.74, 6) is -1.19. The van der Waals surface area contributed by atoms with Crippen LogP contribution in [-0.2, 0) is 9.59 Å². The molecule has 4 rings (SSSR count). The predicted octanol–water partition coefficient (Wildman–Crippen LogP) is 4.01. The first-order valence-corrected chi connectivity index (χ1v) is 9.48. The van der Waals surface area contributed by atoms with Gasteiger partial charge in [-0.3, -0.25) is 19.3 Å². The van der Waals surface area contributed by atoms with Crippen LogP contribution in [0.1, 0.15) is 34.3 Å². The van der Waals surface area contributed by atoms with E-state index in [1.807, 2.05) is 44.2 Å². The first-order chi connectivity index (χ1) is 13.5. The van der Waals surface area contributed by atoms with Crippen molar-refractivity contribution in [2.45, 2.75) is 26.7 Å². The number of fused-ring (bicyclic) bond motifs is 1. The van der Waals surface area contributed by atoms with E-state index in [1.54, 1.807) is 24.3 Å². The van der Waals surface area contributed by atoms with Gasteiger partial charge in [-0.1, -0.05) is 30.4 Å². The van der Waals surface area contributed by atoms with E-state index < -0.39 is 0 Å². The third kappa shape index (κ3) is 3.03. The van der Waals surface area contributed by atoms with Crippen molar-refractivity contribution in [3.63, 3.8) is 0 Å². The predicted molar refractivity (Wildman–Crippen MR) is 108 cm³/mol. The van der Waals surface area contributed by atoms with Gasteiger partial charge in [0.15, 0.2) is 0 Å². The minimum Gasteiger partial charge on any atom is -0.322 e. The summed E-state index contributed by atoms with van der Waals surface area (Å²) in [6.45, 7) is 3.95. The first kappa shape index (κ1) is 18.2. The fourth-order valence-corrected chi connectivity index (χ4v) is 3.92. The Balaban J connectivity index is 1.60. The van der Waals surface area contributed by atoms with E-state index in [9.17, 15) is 14.4 Å². The Kier molecular flexibility index (Phi) is 4.59. The molecule has 2 aromatic carbocycles. The van der Waals surface area contributed by atoms with Crippen LogP contribution >= 0.6 is 0 Å². The van der Waals surface area contributed by atoms with E-state index >= 15 is 0 Å². The van der Waals surface area contributed by atoms with E-state index in [-0.39, 0.29) is 29.6 Å². The average molecular weight is 374 g/mol. The largest absolute Gasteiger partial charge is 0.322 e. The van der Waals surface area contributed by atoms with Crippen molar-refractivity contribution < 1.29 is 14.4 Å². The molecule has 0 aromatic heterocycles. The summed E-state index contributed by atoms with van der Waals surface area (Å²) in [5, 5.41) is 2.92. The molecule has 1 aliphatic carbocycles. The molecule has 3 amide bonds. The molecule has 2 aliphatic rings. The van der Waals surface area contributed by atoms with E-state index in [0.717, 1.165) is 16.8 Å². The highest BCUT2D eigenvalue weighted by atomic mass is 16.2. The molecular weight excluding hydrogens is 352 g/mol. The maximum Gasteiger partial charge on any atom is 0.255 e. The van der Waals surface area contributed by atoms with Gasteiger partial charge in [-0.25, -0.2) is 0 Å². The molecule has 0 unspecified atom stereocenters. The summed E-state index contributed by atoms with van der Waals surface area (Å²) < 4.78 is 0. The van der Waals surface area contributed by atoms with E-state index in [0.29, 0.717) is 24.1 Å². The van der Waals surface area contributed by atoms with Crippen LogP contribution < -0.4 is 10.2 Å². The van der Waals surface area contributed by atoms with Gasteiger partial charge in [-0.2, -0.15) is 0 Å². The summed E-state index contributed by atoms with van der Waals surface area (Å²) in [6.07, 6.45) is 5.12. The summed E-state index contributed by atoms with van der Waals surface area (Å²) in [4.78, 5) is 39.5. The number of anilines is 2. The third-order valence-electron chi connectivity index (χ3n) is 5.73. The molecule has 2 atom stereocenters. The topological polar surface area (TPSA) is 66.5 Å². The number of rotatable bonds is 3. The molecule has 1 saturated heterocycles. The summed E-state index contributed by atoms with van der Waals surface area (Å²) >= 11 is 0. The summed E-state index contributed by atoms with van der Waals surface area (Å²) in [5.41, 5.74) is 3.72. The van der Waals surface area contributed by atoms with E-state index in [1.165, 1.54) is 4.90 Å². The lowest BCUT2D eigenvalue weighted by Gasteiger charge is -2.16. The minimum atomic E-state index is -0.287. The molecule has 1 heterocycles. The quantitative estimate of drug-likeness (QED) is 0.652. The van der Waals surface area contributed by atoms with Crippen molar-refractivity contribution in [2.75, 3.05) is 10.2 Å². The molecule has 142 valence electrons. The minimum absolute atomic E-state index is 0.175. The van der Waals surface area contributed by atoms with Crippen molar-refractivity contribution in [1.29, 1.82) is 0 Å². The highest BCUT2D eigenvalue weighted by molar-refractivity contribution is 6.22. The van der Waals surface area contributed by atoms with Gasteiger partial charge >= 0.3 is 0 Å². The normalized spacial score (nSPS) is 21.0. The molecule has 1 aliphatic heterocycles. The van der Waals surface area contributed by atoms with Crippen LogP contribution in [-0.4, -0.2) is 17.7 Å². The molecule has 0 bridgehead atoms. The SMILES string of the molecule is Cc1cccc(NC(=O)c2cccc(N3C(=O)[C@H]4CC=CC[C@H]4C3=O)c2)c1C. The van der Waals surface area contributed by atoms with Gasteiger partial charge in [0.1, 0.15) is 0 Å². The highest BCUT2D eigenvalue weighted by Gasteiger charge is 2.47. The van der Waals surface area contributed by atoms with E-state index in [4.69, 9.17) is 0 Å². The van der Waals surface area contributed by atoms with Gasteiger partial charge in [0, 0.05) is 11.3 Å². The maximum atomic E-state index is 12.8. The van der Waals surface area contributed by atoms with Crippen LogP contribution in [0.3, 0.4) is 0 Å². The van der Waals surface area contributed by atoms with Crippen molar-refractivity contribution in [3.05, 3.63) is 71.3 Å². The smallest absolute Gasteiger partial charge is 0.255 e. The monoisotopic (exact) mass is 374 g/mol. The molecule has 5 nitrogen and oxygen atoms in total. The van der Waals surface area contributed by atoms with Crippen LogP contribution in [0.15, 0.2) is 54.6 Å². The number of carbonyl (C=O) groups is 3. The summed E-state index contributed by atoms with van der Waals surface area (Å²) in [7, 11) is 0. The Labute approximate surface area is 164 Å². The molecule has 2 aromatic rings. The van der Waals surface area contributed by atoms with Gasteiger partial charge in [-0.15, -0.1) is 0 Å². The number of allylic oxidation sites excluding steroid dienone is 2. The van der Waals surface area contributed by atoms with Crippen molar-refractivity contribution >= 4 is 29.1 Å². The van der Waals surface area contributed by atoms with Crippen molar-refractivity contribution in [2.24, 2.45) is 11.8 Å². The lowest BCUT2D eigenvalue weighted by atomic mass is 9.85. The van der Waals surface area contributed by atoms with Gasteiger partial charge < -0.3 is 5.32 Å². The highest BCUT2D eigenvalue weighted by Crippen LogP contribution is 2.37. The third-order valence-corrected chi connectivity index (χ3v) is 5.73. The number of imide groups is 1. The summed E-state index contributed by atoms with van der Waals surface area (Å²) in [6, 6.07) is 12.4. The lowest BCUT2D eigenvalue weighted by Crippen LogP contribution is -2.31. The van der Waals surface area contributed by atoms with Crippen LogP contribution in [0, 0.1) is 25.7 Å². The average Bonchev–Trinajstić information content (AvgIpc) is 2.96. The van der Waals surface area contributed by atoms with Gasteiger partial charge in [0.05, 0.1) is 17.5 Å². The Morgan fingerprint density at radius 1 is 0.964 bits per heavy atom. The molecule has 0 saturated carbocycles. The second-order valence-electron chi connectivity index (χ2n) is 7.42. The molecule has 0 radical (unpaired) electrons. The van der Waals surface area contributed by atoms with Gasteiger partial charge in [-0.05, 0) is 62.1 Å². The number of nitrogens with zero attached hydrogens (tertiary/aromatic N) is 1. The molecular formula is C23H22N2O3. The van der Waals surface area contributed by atoms with Crippen molar-refractivity contribution in [1.82, 2.24) is 0 Å². The van der Waals surface area contributed by atoms with Gasteiger partial charge in [0.2, 0.25) is 11.8 Å². The number of aryl methyl sites for hydroxylation is 1. The van der Waals surface area contributed by atoms with Crippen LogP contribution in [0.25, 0.3) is 0 Å². The zero-order chi connectivity index (χ0) is 19.8. The zero-order valence-corrected chi connectivity index (χ0v) is 15.9. The molecule has 5 heteroatoms. The Morgan fingerprint density at radius 3 is 2.29 bits per heavy atom. The fraction of sp³-hybridized carbons (Fsp3) is 0.261. The lowest BCUT2D eigenvalue weighted by molar-refractivity contribution is -0.122. The zero-order valence-electron chi connectivity index (χ0n) is 15.9. The number of carbonyl (C=O) groups excluding carboxylic acids is 3. The second-order valence-corrected chi connectivity index (χ2v) is 7.42. The number of hydrogen-bond donors (Lipinski definition) is 1. The van der Waals surface area contributed by atoms with Crippen LogP contribution in [0.5, 0.6) is 0 Å². The van der Waals surface area contributed by atoms with Gasteiger partial charge in [0.25, 0.3) is 5.91 Å². The Bertz CT molecular complexity index is 983.